The minimum atomic E-state index is -1.09. The number of carboxylic acids is 1. The molecule has 0 radical (unpaired) electrons. The van der Waals surface area contributed by atoms with Crippen LogP contribution in [0.15, 0.2) is 11.1 Å². The van der Waals surface area contributed by atoms with Crippen molar-refractivity contribution in [3.8, 4) is 0 Å². The van der Waals surface area contributed by atoms with Gasteiger partial charge in [0.05, 0.1) is 11.7 Å². The van der Waals surface area contributed by atoms with Gasteiger partial charge in [-0.2, -0.15) is 0 Å². The molecule has 8 nitrogen and oxygen atoms in total. The van der Waals surface area contributed by atoms with E-state index < -0.39 is 11.5 Å². The third-order valence-electron chi connectivity index (χ3n) is 3.27. The number of carbonyl (C=O) groups excluding carboxylic acids is 1. The van der Waals surface area contributed by atoms with Crippen LogP contribution in [0.2, 0.25) is 0 Å². The van der Waals surface area contributed by atoms with E-state index in [4.69, 9.17) is 9.84 Å². The van der Waals surface area contributed by atoms with Crippen LogP contribution in [0.5, 0.6) is 0 Å². The van der Waals surface area contributed by atoms with Gasteiger partial charge in [-0.15, -0.1) is 11.3 Å². The molecule has 0 bridgehead atoms. The Kier molecular flexibility index (Phi) is 5.45. The lowest BCUT2D eigenvalue weighted by Gasteiger charge is -2.07. The quantitative estimate of drug-likeness (QED) is 0.715. The summed E-state index contributed by atoms with van der Waals surface area (Å²) in [6.07, 6.45) is 1.95. The molecule has 2 aromatic rings. The molecular formula is C14H17N3O5S. The predicted octanol–water partition coefficient (Wildman–Crippen LogP) is 0.617. The zero-order valence-corrected chi connectivity index (χ0v) is 13.6. The lowest BCUT2D eigenvalue weighted by molar-refractivity contribution is -0.121. The third kappa shape index (κ3) is 3.74. The van der Waals surface area contributed by atoms with E-state index in [9.17, 15) is 14.4 Å². The second-order valence-electron chi connectivity index (χ2n) is 4.92. The number of rotatable bonds is 7. The molecule has 0 spiro atoms. The fourth-order valence-electron chi connectivity index (χ4n) is 2.13. The predicted molar refractivity (Wildman–Crippen MR) is 85.1 cm³/mol. The lowest BCUT2D eigenvalue weighted by atomic mass is 10.2. The Hall–Kier alpha value is -2.26. The minimum absolute atomic E-state index is 0.0892. The Morgan fingerprint density at radius 1 is 1.48 bits per heavy atom. The van der Waals surface area contributed by atoms with Crippen molar-refractivity contribution in [1.29, 1.82) is 0 Å². The normalized spacial score (nSPS) is 10.9. The number of hydrogen-bond donors (Lipinski definition) is 2. The largest absolute Gasteiger partial charge is 0.477 e. The van der Waals surface area contributed by atoms with Gasteiger partial charge in [0, 0.05) is 20.3 Å². The van der Waals surface area contributed by atoms with Crippen molar-refractivity contribution in [3.05, 3.63) is 27.1 Å². The molecule has 9 heteroatoms. The number of carbonyl (C=O) groups is 2. The highest BCUT2D eigenvalue weighted by Gasteiger charge is 2.19. The van der Waals surface area contributed by atoms with Gasteiger partial charge in [-0.25, -0.2) is 9.78 Å². The summed E-state index contributed by atoms with van der Waals surface area (Å²) in [4.78, 5) is 39.9. The molecule has 2 heterocycles. The summed E-state index contributed by atoms with van der Waals surface area (Å²) in [7, 11) is 1.58. The number of amides is 1. The minimum Gasteiger partial charge on any atom is -0.477 e. The van der Waals surface area contributed by atoms with Crippen LogP contribution in [0.3, 0.4) is 0 Å². The maximum atomic E-state index is 12.4. The maximum Gasteiger partial charge on any atom is 0.346 e. The summed E-state index contributed by atoms with van der Waals surface area (Å²) in [6, 6.07) is 0. The third-order valence-corrected chi connectivity index (χ3v) is 4.46. The van der Waals surface area contributed by atoms with Crippen LogP contribution >= 0.6 is 11.3 Å². The van der Waals surface area contributed by atoms with Crippen molar-refractivity contribution in [2.45, 2.75) is 19.9 Å². The average Bonchev–Trinajstić information content (AvgIpc) is 2.84. The second kappa shape index (κ2) is 7.34. The molecule has 2 rings (SSSR count). The molecule has 0 unspecified atom stereocenters. The lowest BCUT2D eigenvalue weighted by Crippen LogP contribution is -2.33. The monoisotopic (exact) mass is 339 g/mol. The topological polar surface area (TPSA) is 111 Å². The molecular weight excluding hydrogens is 322 g/mol. The van der Waals surface area contributed by atoms with Crippen molar-refractivity contribution < 1.29 is 19.4 Å². The Balaban J connectivity index is 2.21. The Labute approximate surface area is 135 Å². The number of ether oxygens (including phenoxy) is 1. The number of methoxy groups -OCH3 is 1. The number of aromatic carboxylic acids is 1. The maximum absolute atomic E-state index is 12.4. The first-order valence-electron chi connectivity index (χ1n) is 6.93. The molecule has 0 aliphatic carbocycles. The molecule has 0 saturated heterocycles. The van der Waals surface area contributed by atoms with Gasteiger partial charge < -0.3 is 15.2 Å². The molecule has 1 amide bonds. The van der Waals surface area contributed by atoms with Gasteiger partial charge >= 0.3 is 5.97 Å². The molecule has 0 saturated carbocycles. The number of thiophene rings is 1. The van der Waals surface area contributed by atoms with Gasteiger partial charge in [-0.3, -0.25) is 14.2 Å². The van der Waals surface area contributed by atoms with Crippen molar-refractivity contribution in [3.63, 3.8) is 0 Å². The zero-order valence-electron chi connectivity index (χ0n) is 12.8. The number of fused-ring (bicyclic) bond motifs is 1. The fraction of sp³-hybridized carbons (Fsp3) is 0.429. The highest BCUT2D eigenvalue weighted by Crippen LogP contribution is 2.26. The second-order valence-corrected chi connectivity index (χ2v) is 5.91. The smallest absolute Gasteiger partial charge is 0.346 e. The Morgan fingerprint density at radius 2 is 2.22 bits per heavy atom. The van der Waals surface area contributed by atoms with Crippen LogP contribution in [0.25, 0.3) is 10.2 Å². The fourth-order valence-corrected chi connectivity index (χ4v) is 3.11. The highest BCUT2D eigenvalue weighted by molar-refractivity contribution is 7.20. The summed E-state index contributed by atoms with van der Waals surface area (Å²) in [5.41, 5.74) is -0.0341. The zero-order chi connectivity index (χ0) is 17.0. The van der Waals surface area contributed by atoms with Crippen LogP contribution in [0.1, 0.15) is 21.7 Å². The number of carboxylic acid groups (broad SMARTS) is 1. The molecule has 0 aromatic carbocycles. The molecule has 23 heavy (non-hydrogen) atoms. The highest BCUT2D eigenvalue weighted by atomic mass is 32.1. The number of aromatic nitrogens is 2. The molecule has 124 valence electrons. The summed E-state index contributed by atoms with van der Waals surface area (Å²) >= 11 is 0.955. The van der Waals surface area contributed by atoms with Crippen LogP contribution in [-0.4, -0.2) is 46.8 Å². The van der Waals surface area contributed by atoms with E-state index in [-0.39, 0.29) is 22.7 Å². The number of nitrogens with one attached hydrogen (secondary N) is 1. The van der Waals surface area contributed by atoms with Crippen molar-refractivity contribution in [2.24, 2.45) is 0 Å². The summed E-state index contributed by atoms with van der Waals surface area (Å²) in [5, 5.41) is 12.0. The van der Waals surface area contributed by atoms with Crippen molar-refractivity contribution in [2.75, 3.05) is 20.3 Å². The standard InChI is InChI=1S/C14H17N3O5S/c1-8-10-12(23-11(8)14(20)21)16-7-17(13(10)19)6-9(18)15-4-3-5-22-2/h7H,3-6H2,1-2H3,(H,15,18)(H,20,21). The SMILES string of the molecule is COCCCNC(=O)Cn1cnc2sc(C(=O)O)c(C)c2c1=O. The number of nitrogens with zero attached hydrogens (tertiary/aromatic N) is 2. The first-order chi connectivity index (χ1) is 11.0. The van der Waals surface area contributed by atoms with Gasteiger partial charge in [-0.1, -0.05) is 0 Å². The summed E-state index contributed by atoms with van der Waals surface area (Å²) in [6.45, 7) is 2.41. The average molecular weight is 339 g/mol. The van der Waals surface area contributed by atoms with Crippen molar-refractivity contribution in [1.82, 2.24) is 14.9 Å². The van der Waals surface area contributed by atoms with Gasteiger partial charge in [0.15, 0.2) is 0 Å². The molecule has 0 aliphatic rings. The van der Waals surface area contributed by atoms with Crippen LogP contribution in [0, 0.1) is 6.92 Å². The van der Waals surface area contributed by atoms with Crippen LogP contribution in [-0.2, 0) is 16.1 Å². The molecule has 0 fully saturated rings. The van der Waals surface area contributed by atoms with Crippen LogP contribution in [0.4, 0.5) is 0 Å². The molecule has 2 N–H and O–H groups in total. The van der Waals surface area contributed by atoms with Gasteiger partial charge in [0.2, 0.25) is 5.91 Å². The van der Waals surface area contributed by atoms with E-state index in [0.29, 0.717) is 30.0 Å². The number of aryl methyl sites for hydroxylation is 1. The Morgan fingerprint density at radius 3 is 2.87 bits per heavy atom. The van der Waals surface area contributed by atoms with Crippen LogP contribution < -0.4 is 10.9 Å². The van der Waals surface area contributed by atoms with E-state index in [0.717, 1.165) is 11.3 Å². The van der Waals surface area contributed by atoms with E-state index >= 15 is 0 Å². The number of hydrogen-bond acceptors (Lipinski definition) is 6. The first-order valence-corrected chi connectivity index (χ1v) is 7.74. The Bertz CT molecular complexity index is 796. The molecule has 2 aromatic heterocycles. The van der Waals surface area contributed by atoms with E-state index in [1.54, 1.807) is 14.0 Å². The van der Waals surface area contributed by atoms with Gasteiger partial charge in [0.1, 0.15) is 16.3 Å². The van der Waals surface area contributed by atoms with Crippen molar-refractivity contribution >= 4 is 33.4 Å². The van der Waals surface area contributed by atoms with Gasteiger partial charge in [-0.05, 0) is 18.9 Å². The first kappa shape index (κ1) is 17.1. The summed E-state index contributed by atoms with van der Waals surface area (Å²) < 4.78 is 6.06. The molecule has 0 atom stereocenters. The van der Waals surface area contributed by atoms with E-state index in [1.165, 1.54) is 10.9 Å². The molecule has 0 aliphatic heterocycles. The summed E-state index contributed by atoms with van der Waals surface area (Å²) in [5.74, 6) is -1.40. The van der Waals surface area contributed by atoms with E-state index in [2.05, 4.69) is 10.3 Å². The van der Waals surface area contributed by atoms with Gasteiger partial charge in [0.25, 0.3) is 5.56 Å². The van der Waals surface area contributed by atoms with E-state index in [1.807, 2.05) is 0 Å².